The molecule has 0 fully saturated rings. The molecule has 19 heavy (non-hydrogen) atoms. The number of anilines is 1. The van der Waals surface area contributed by atoms with Crippen molar-refractivity contribution in [3.63, 3.8) is 0 Å². The van der Waals surface area contributed by atoms with Gasteiger partial charge in [-0.2, -0.15) is 18.3 Å². The predicted octanol–water partition coefficient (Wildman–Crippen LogP) is 3.92. The summed E-state index contributed by atoms with van der Waals surface area (Å²) in [6.45, 7) is 3.86. The number of benzene rings is 1. The minimum absolute atomic E-state index is 0.0966. The first-order valence-corrected chi connectivity index (χ1v) is 5.86. The van der Waals surface area contributed by atoms with Crippen molar-refractivity contribution < 1.29 is 13.2 Å². The van der Waals surface area contributed by atoms with Gasteiger partial charge in [0, 0.05) is 17.7 Å². The van der Waals surface area contributed by atoms with E-state index >= 15 is 0 Å². The molecule has 1 aromatic heterocycles. The van der Waals surface area contributed by atoms with Crippen molar-refractivity contribution in [2.45, 2.75) is 26.1 Å². The predicted molar refractivity (Wildman–Crippen MR) is 67.8 cm³/mol. The van der Waals surface area contributed by atoms with Crippen LogP contribution in [0.2, 0.25) is 0 Å². The molecule has 0 bridgehead atoms. The highest BCUT2D eigenvalue weighted by Gasteiger charge is 2.33. The van der Waals surface area contributed by atoms with Crippen LogP contribution in [0.25, 0.3) is 11.3 Å². The number of hydrogen-bond acceptors (Lipinski definition) is 2. The summed E-state index contributed by atoms with van der Waals surface area (Å²) in [7, 11) is 0. The average Bonchev–Trinajstić information content (AvgIpc) is 2.75. The Hall–Kier alpha value is -1.98. The molecule has 0 radical (unpaired) electrons. The molecule has 0 aliphatic rings. The van der Waals surface area contributed by atoms with Gasteiger partial charge in [-0.3, -0.25) is 5.10 Å². The Morgan fingerprint density at radius 3 is 2.53 bits per heavy atom. The quantitative estimate of drug-likeness (QED) is 0.886. The first-order valence-electron chi connectivity index (χ1n) is 5.86. The van der Waals surface area contributed by atoms with Crippen LogP contribution in [0.5, 0.6) is 0 Å². The zero-order valence-electron chi connectivity index (χ0n) is 10.5. The van der Waals surface area contributed by atoms with Crippen LogP contribution in [0.15, 0.2) is 30.3 Å². The maximum absolute atomic E-state index is 12.9. The summed E-state index contributed by atoms with van der Waals surface area (Å²) in [5.41, 5.74) is -0.231. The van der Waals surface area contributed by atoms with Crippen molar-refractivity contribution in [2.24, 2.45) is 0 Å². The second-order valence-electron chi connectivity index (χ2n) is 4.51. The molecule has 2 aromatic rings. The van der Waals surface area contributed by atoms with Gasteiger partial charge in [0.05, 0.1) is 11.3 Å². The number of rotatable bonds is 3. The van der Waals surface area contributed by atoms with Gasteiger partial charge < -0.3 is 5.32 Å². The topological polar surface area (TPSA) is 40.7 Å². The largest absolute Gasteiger partial charge is 0.417 e. The van der Waals surface area contributed by atoms with Crippen LogP contribution in [-0.4, -0.2) is 16.2 Å². The van der Waals surface area contributed by atoms with Crippen LogP contribution >= 0.6 is 0 Å². The summed E-state index contributed by atoms with van der Waals surface area (Å²) in [5, 5.41) is 9.61. The third-order valence-corrected chi connectivity index (χ3v) is 2.54. The number of nitrogens with one attached hydrogen (secondary N) is 2. The number of aromatic amines is 1. The molecular formula is C13H14F3N3. The molecule has 0 aliphatic carbocycles. The van der Waals surface area contributed by atoms with E-state index < -0.39 is 11.7 Å². The van der Waals surface area contributed by atoms with Gasteiger partial charge in [0.25, 0.3) is 0 Å². The van der Waals surface area contributed by atoms with E-state index in [0.29, 0.717) is 11.5 Å². The van der Waals surface area contributed by atoms with Crippen LogP contribution < -0.4 is 5.32 Å². The van der Waals surface area contributed by atoms with Gasteiger partial charge in [0.2, 0.25) is 0 Å². The van der Waals surface area contributed by atoms with Crippen molar-refractivity contribution in [2.75, 3.05) is 5.32 Å². The Morgan fingerprint density at radius 2 is 1.89 bits per heavy atom. The lowest BCUT2D eigenvalue weighted by atomic mass is 10.0. The summed E-state index contributed by atoms with van der Waals surface area (Å²) in [6.07, 6.45) is -4.38. The minimum atomic E-state index is -4.38. The smallest absolute Gasteiger partial charge is 0.366 e. The lowest BCUT2D eigenvalue weighted by molar-refractivity contribution is -0.137. The minimum Gasteiger partial charge on any atom is -0.366 e. The standard InChI is InChI=1S/C13H14F3N3/c1-8(2)17-12-7-11(18-19-12)9-5-3-4-6-10(9)13(14,15)16/h3-8H,1-2H3,(H2,17,18,19). The summed E-state index contributed by atoms with van der Waals surface area (Å²) in [5.74, 6) is 0.530. The molecule has 0 amide bonds. The first-order chi connectivity index (χ1) is 8.88. The van der Waals surface area contributed by atoms with E-state index in [9.17, 15) is 13.2 Å². The zero-order valence-corrected chi connectivity index (χ0v) is 10.5. The van der Waals surface area contributed by atoms with Crippen molar-refractivity contribution >= 4 is 5.82 Å². The van der Waals surface area contributed by atoms with Crippen molar-refractivity contribution in [3.05, 3.63) is 35.9 Å². The molecule has 0 aliphatic heterocycles. The van der Waals surface area contributed by atoms with Gasteiger partial charge in [-0.1, -0.05) is 18.2 Å². The molecule has 0 unspecified atom stereocenters. The van der Waals surface area contributed by atoms with Crippen LogP contribution in [0.4, 0.5) is 19.0 Å². The Labute approximate surface area is 108 Å². The lowest BCUT2D eigenvalue weighted by Crippen LogP contribution is -2.09. The summed E-state index contributed by atoms with van der Waals surface area (Å²) >= 11 is 0. The molecular weight excluding hydrogens is 255 g/mol. The first kappa shape index (κ1) is 13.5. The maximum Gasteiger partial charge on any atom is 0.417 e. The lowest BCUT2D eigenvalue weighted by Gasteiger charge is -2.10. The van der Waals surface area contributed by atoms with Crippen LogP contribution in [0.1, 0.15) is 19.4 Å². The van der Waals surface area contributed by atoms with Gasteiger partial charge in [0.1, 0.15) is 5.82 Å². The van der Waals surface area contributed by atoms with Gasteiger partial charge in [-0.25, -0.2) is 0 Å². The van der Waals surface area contributed by atoms with E-state index in [2.05, 4.69) is 15.5 Å². The molecule has 102 valence electrons. The monoisotopic (exact) mass is 269 g/mol. The zero-order chi connectivity index (χ0) is 14.0. The Kier molecular flexibility index (Phi) is 3.50. The van der Waals surface area contributed by atoms with E-state index in [1.807, 2.05) is 13.8 Å². The third-order valence-electron chi connectivity index (χ3n) is 2.54. The van der Waals surface area contributed by atoms with Gasteiger partial charge in [-0.05, 0) is 19.9 Å². The fourth-order valence-electron chi connectivity index (χ4n) is 1.79. The van der Waals surface area contributed by atoms with Gasteiger partial charge >= 0.3 is 6.18 Å². The van der Waals surface area contributed by atoms with Crippen molar-refractivity contribution in [3.8, 4) is 11.3 Å². The number of H-pyrrole nitrogens is 1. The van der Waals surface area contributed by atoms with E-state index in [4.69, 9.17) is 0 Å². The van der Waals surface area contributed by atoms with Gasteiger partial charge in [-0.15, -0.1) is 0 Å². The molecule has 6 heteroatoms. The van der Waals surface area contributed by atoms with Crippen LogP contribution in [0, 0.1) is 0 Å². The number of nitrogens with zero attached hydrogens (tertiary/aromatic N) is 1. The SMILES string of the molecule is CC(C)Nc1cc(-c2ccccc2C(F)(F)F)[nH]n1. The molecule has 2 N–H and O–H groups in total. The normalized spacial score (nSPS) is 11.9. The summed E-state index contributed by atoms with van der Waals surface area (Å²) in [4.78, 5) is 0. The third kappa shape index (κ3) is 3.07. The molecule has 0 saturated carbocycles. The molecule has 1 heterocycles. The Morgan fingerprint density at radius 1 is 1.21 bits per heavy atom. The number of hydrogen-bond donors (Lipinski definition) is 2. The molecule has 0 saturated heterocycles. The molecule has 0 spiro atoms. The van der Waals surface area contributed by atoms with E-state index in [1.54, 1.807) is 12.1 Å². The van der Waals surface area contributed by atoms with E-state index in [-0.39, 0.29) is 11.6 Å². The maximum atomic E-state index is 12.9. The number of alkyl halides is 3. The highest BCUT2D eigenvalue weighted by Crippen LogP contribution is 2.36. The second-order valence-corrected chi connectivity index (χ2v) is 4.51. The van der Waals surface area contributed by atoms with E-state index in [1.165, 1.54) is 12.1 Å². The average molecular weight is 269 g/mol. The Balaban J connectivity index is 2.39. The fraction of sp³-hybridized carbons (Fsp3) is 0.308. The molecule has 3 nitrogen and oxygen atoms in total. The van der Waals surface area contributed by atoms with Gasteiger partial charge in [0.15, 0.2) is 0 Å². The number of halogens is 3. The number of aromatic nitrogens is 2. The second kappa shape index (κ2) is 4.95. The van der Waals surface area contributed by atoms with E-state index in [0.717, 1.165) is 6.07 Å². The molecule has 2 rings (SSSR count). The van der Waals surface area contributed by atoms with Crippen molar-refractivity contribution in [1.29, 1.82) is 0 Å². The highest BCUT2D eigenvalue weighted by molar-refractivity contribution is 5.67. The van der Waals surface area contributed by atoms with Crippen molar-refractivity contribution in [1.82, 2.24) is 10.2 Å². The van der Waals surface area contributed by atoms with Crippen LogP contribution in [-0.2, 0) is 6.18 Å². The molecule has 1 aromatic carbocycles. The fourth-order valence-corrected chi connectivity index (χ4v) is 1.79. The summed E-state index contributed by atoms with van der Waals surface area (Å²) in [6, 6.07) is 7.16. The molecule has 0 atom stereocenters. The Bertz CT molecular complexity index is 558. The summed E-state index contributed by atoms with van der Waals surface area (Å²) < 4.78 is 38.7. The van der Waals surface area contributed by atoms with Crippen LogP contribution in [0.3, 0.4) is 0 Å². The highest BCUT2D eigenvalue weighted by atomic mass is 19.4.